The molecular formula is C11H22N2O4S. The highest BCUT2D eigenvalue weighted by Gasteiger charge is 2.30. The molecule has 0 amide bonds. The standard InChI is InChI=1S/C11H22N2O4S/c1-9(2)8-18(16,17)13-6-4-12(5-7-13)10(3)11(14)15/h9-10H,4-8H2,1-3H3,(H,14,15). The summed E-state index contributed by atoms with van der Waals surface area (Å²) in [5.41, 5.74) is 0. The summed E-state index contributed by atoms with van der Waals surface area (Å²) in [6.45, 7) is 7.09. The molecule has 1 fully saturated rings. The van der Waals surface area contributed by atoms with Crippen molar-refractivity contribution in [3.05, 3.63) is 0 Å². The molecule has 1 N–H and O–H groups in total. The summed E-state index contributed by atoms with van der Waals surface area (Å²) in [4.78, 5) is 12.6. The van der Waals surface area contributed by atoms with E-state index in [1.54, 1.807) is 11.8 Å². The molecular weight excluding hydrogens is 256 g/mol. The second-order valence-corrected chi connectivity index (χ2v) is 7.14. The van der Waals surface area contributed by atoms with Gasteiger partial charge < -0.3 is 5.11 Å². The van der Waals surface area contributed by atoms with Crippen molar-refractivity contribution in [1.82, 2.24) is 9.21 Å². The van der Waals surface area contributed by atoms with Crippen molar-refractivity contribution in [2.24, 2.45) is 5.92 Å². The van der Waals surface area contributed by atoms with Gasteiger partial charge in [0.25, 0.3) is 0 Å². The van der Waals surface area contributed by atoms with E-state index in [0.29, 0.717) is 26.2 Å². The fourth-order valence-corrected chi connectivity index (χ4v) is 3.82. The zero-order chi connectivity index (χ0) is 13.9. The number of hydrogen-bond donors (Lipinski definition) is 1. The van der Waals surface area contributed by atoms with Crippen molar-refractivity contribution in [3.8, 4) is 0 Å². The monoisotopic (exact) mass is 278 g/mol. The van der Waals surface area contributed by atoms with E-state index in [-0.39, 0.29) is 11.7 Å². The van der Waals surface area contributed by atoms with Gasteiger partial charge in [-0.1, -0.05) is 13.8 Å². The molecule has 0 aromatic heterocycles. The van der Waals surface area contributed by atoms with E-state index in [0.717, 1.165) is 0 Å². The molecule has 0 aromatic rings. The van der Waals surface area contributed by atoms with E-state index in [2.05, 4.69) is 0 Å². The van der Waals surface area contributed by atoms with Gasteiger partial charge >= 0.3 is 5.97 Å². The lowest BCUT2D eigenvalue weighted by atomic mass is 10.2. The lowest BCUT2D eigenvalue weighted by Gasteiger charge is -2.36. The highest BCUT2D eigenvalue weighted by molar-refractivity contribution is 7.89. The van der Waals surface area contributed by atoms with Crippen molar-refractivity contribution in [2.45, 2.75) is 26.8 Å². The number of sulfonamides is 1. The molecule has 7 heteroatoms. The van der Waals surface area contributed by atoms with Crippen molar-refractivity contribution in [3.63, 3.8) is 0 Å². The van der Waals surface area contributed by atoms with E-state index >= 15 is 0 Å². The van der Waals surface area contributed by atoms with E-state index in [9.17, 15) is 13.2 Å². The molecule has 1 rings (SSSR count). The molecule has 1 atom stereocenters. The van der Waals surface area contributed by atoms with Gasteiger partial charge in [-0.25, -0.2) is 8.42 Å². The number of nitrogens with zero attached hydrogens (tertiary/aromatic N) is 2. The Morgan fingerprint density at radius 1 is 1.17 bits per heavy atom. The van der Waals surface area contributed by atoms with E-state index in [1.807, 2.05) is 13.8 Å². The lowest BCUT2D eigenvalue weighted by molar-refractivity contribution is -0.143. The van der Waals surface area contributed by atoms with Crippen molar-refractivity contribution >= 4 is 16.0 Å². The third kappa shape index (κ3) is 3.93. The average molecular weight is 278 g/mol. The van der Waals surface area contributed by atoms with Gasteiger partial charge in [0.05, 0.1) is 5.75 Å². The van der Waals surface area contributed by atoms with E-state index in [4.69, 9.17) is 5.11 Å². The van der Waals surface area contributed by atoms with Gasteiger partial charge in [0, 0.05) is 26.2 Å². The van der Waals surface area contributed by atoms with E-state index in [1.165, 1.54) is 4.31 Å². The lowest BCUT2D eigenvalue weighted by Crippen LogP contribution is -2.53. The van der Waals surface area contributed by atoms with Crippen LogP contribution in [0.2, 0.25) is 0 Å². The summed E-state index contributed by atoms with van der Waals surface area (Å²) in [7, 11) is -3.19. The maximum atomic E-state index is 12.0. The van der Waals surface area contributed by atoms with Crippen LogP contribution in [0.4, 0.5) is 0 Å². The molecule has 1 aliphatic rings. The van der Waals surface area contributed by atoms with Gasteiger partial charge in [0.1, 0.15) is 6.04 Å². The van der Waals surface area contributed by atoms with Crippen LogP contribution >= 0.6 is 0 Å². The Kier molecular flexibility index (Phi) is 5.12. The summed E-state index contributed by atoms with van der Waals surface area (Å²) < 4.78 is 25.5. The molecule has 1 saturated heterocycles. The average Bonchev–Trinajstić information content (AvgIpc) is 2.26. The Balaban J connectivity index is 2.56. The minimum atomic E-state index is -3.19. The molecule has 6 nitrogen and oxygen atoms in total. The Hall–Kier alpha value is -0.660. The molecule has 0 aliphatic carbocycles. The molecule has 1 aliphatic heterocycles. The van der Waals surface area contributed by atoms with Crippen molar-refractivity contribution < 1.29 is 18.3 Å². The van der Waals surface area contributed by atoms with Gasteiger partial charge in [0.2, 0.25) is 10.0 Å². The number of rotatable bonds is 5. The first-order valence-corrected chi connectivity index (χ1v) is 7.79. The fourth-order valence-electron chi connectivity index (χ4n) is 2.05. The predicted octanol–water partition coefficient (Wildman–Crippen LogP) is 0.0629. The van der Waals surface area contributed by atoms with Crippen LogP contribution < -0.4 is 0 Å². The highest BCUT2D eigenvalue weighted by atomic mass is 32.2. The van der Waals surface area contributed by atoms with Gasteiger partial charge in [-0.15, -0.1) is 0 Å². The van der Waals surface area contributed by atoms with Crippen LogP contribution in [0.3, 0.4) is 0 Å². The minimum absolute atomic E-state index is 0.103. The normalized spacial score (nSPS) is 21.1. The van der Waals surface area contributed by atoms with Crippen LogP contribution in [0.25, 0.3) is 0 Å². The van der Waals surface area contributed by atoms with Crippen LogP contribution in [0.5, 0.6) is 0 Å². The number of aliphatic carboxylic acids is 1. The van der Waals surface area contributed by atoms with Gasteiger partial charge in [0.15, 0.2) is 0 Å². The number of carboxylic acids is 1. The smallest absolute Gasteiger partial charge is 0.320 e. The zero-order valence-electron chi connectivity index (χ0n) is 11.2. The molecule has 106 valence electrons. The third-order valence-corrected chi connectivity index (χ3v) is 5.36. The number of piperazine rings is 1. The summed E-state index contributed by atoms with van der Waals surface area (Å²) in [5, 5.41) is 8.91. The van der Waals surface area contributed by atoms with Crippen molar-refractivity contribution in [2.75, 3.05) is 31.9 Å². The largest absolute Gasteiger partial charge is 0.480 e. The van der Waals surface area contributed by atoms with Crippen molar-refractivity contribution in [1.29, 1.82) is 0 Å². The Bertz CT molecular complexity index is 386. The van der Waals surface area contributed by atoms with Gasteiger partial charge in [-0.2, -0.15) is 4.31 Å². The predicted molar refractivity (Wildman–Crippen MR) is 68.9 cm³/mol. The Labute approximate surface area is 109 Å². The second-order valence-electron chi connectivity index (χ2n) is 5.12. The molecule has 18 heavy (non-hydrogen) atoms. The van der Waals surface area contributed by atoms with Gasteiger partial charge in [-0.05, 0) is 12.8 Å². The molecule has 0 radical (unpaired) electrons. The van der Waals surface area contributed by atoms with Crippen LogP contribution in [-0.4, -0.2) is 66.7 Å². The number of hydrogen-bond acceptors (Lipinski definition) is 4. The molecule has 0 bridgehead atoms. The summed E-state index contributed by atoms with van der Waals surface area (Å²) in [5.74, 6) is -0.610. The summed E-state index contributed by atoms with van der Waals surface area (Å²) in [6.07, 6.45) is 0. The van der Waals surface area contributed by atoms with Crippen LogP contribution in [0.1, 0.15) is 20.8 Å². The summed E-state index contributed by atoms with van der Waals surface area (Å²) >= 11 is 0. The molecule has 0 saturated carbocycles. The number of carboxylic acid groups (broad SMARTS) is 1. The Morgan fingerprint density at radius 2 is 1.67 bits per heavy atom. The number of carbonyl (C=O) groups is 1. The molecule has 1 unspecified atom stereocenters. The summed E-state index contributed by atoms with van der Waals surface area (Å²) in [6, 6.07) is -0.556. The second kappa shape index (κ2) is 5.99. The maximum Gasteiger partial charge on any atom is 0.320 e. The first-order valence-electron chi connectivity index (χ1n) is 6.18. The SMILES string of the molecule is CC(C)CS(=O)(=O)N1CCN(C(C)C(=O)O)CC1. The van der Waals surface area contributed by atoms with Crippen LogP contribution in [0, 0.1) is 5.92 Å². The van der Waals surface area contributed by atoms with Crippen LogP contribution in [0.15, 0.2) is 0 Å². The minimum Gasteiger partial charge on any atom is -0.480 e. The highest BCUT2D eigenvalue weighted by Crippen LogP contribution is 2.13. The van der Waals surface area contributed by atoms with Crippen LogP contribution in [-0.2, 0) is 14.8 Å². The maximum absolute atomic E-state index is 12.0. The fraction of sp³-hybridized carbons (Fsp3) is 0.909. The zero-order valence-corrected chi connectivity index (χ0v) is 12.0. The topological polar surface area (TPSA) is 77.9 Å². The Morgan fingerprint density at radius 3 is 2.06 bits per heavy atom. The molecule has 1 heterocycles. The third-order valence-electron chi connectivity index (χ3n) is 3.12. The molecule has 0 aromatic carbocycles. The molecule has 0 spiro atoms. The van der Waals surface area contributed by atoms with E-state index < -0.39 is 22.0 Å². The first-order chi connectivity index (χ1) is 8.24. The quantitative estimate of drug-likeness (QED) is 0.769. The first kappa shape index (κ1) is 15.4. The van der Waals surface area contributed by atoms with Gasteiger partial charge in [-0.3, -0.25) is 9.69 Å².